The van der Waals surface area contributed by atoms with Crippen molar-refractivity contribution in [3.63, 3.8) is 0 Å². The summed E-state index contributed by atoms with van der Waals surface area (Å²) in [6.07, 6.45) is 1.83. The lowest BCUT2D eigenvalue weighted by Gasteiger charge is -1.96. The van der Waals surface area contributed by atoms with E-state index in [2.05, 4.69) is 37.9 Å². The number of nitrogens with zero attached hydrogens (tertiary/aromatic N) is 4. The highest BCUT2D eigenvalue weighted by molar-refractivity contribution is 7.21. The van der Waals surface area contributed by atoms with E-state index in [1.807, 2.05) is 49.1 Å². The molecule has 0 aliphatic rings. The Bertz CT molecular complexity index is 1010. The van der Waals surface area contributed by atoms with Gasteiger partial charge in [0.25, 0.3) is 0 Å². The van der Waals surface area contributed by atoms with Gasteiger partial charge in [-0.1, -0.05) is 0 Å². The van der Waals surface area contributed by atoms with Crippen LogP contribution in [0.2, 0.25) is 0 Å². The number of H-pyrrole nitrogens is 1. The van der Waals surface area contributed by atoms with Crippen LogP contribution in [0.15, 0.2) is 52.8 Å². The van der Waals surface area contributed by atoms with E-state index in [9.17, 15) is 0 Å². The fraction of sp³-hybridized carbons (Fsp3) is 0.125. The lowest BCUT2D eigenvalue weighted by atomic mass is 10.2. The predicted molar refractivity (Wildman–Crippen MR) is 92.8 cm³/mol. The third-order valence-corrected chi connectivity index (χ3v) is 4.86. The van der Waals surface area contributed by atoms with E-state index in [-0.39, 0.29) is 0 Å². The van der Waals surface area contributed by atoms with E-state index in [0.29, 0.717) is 0 Å². The Kier molecular flexibility index (Phi) is 3.27. The molecule has 0 aliphatic carbocycles. The first-order valence-electron chi connectivity index (χ1n) is 7.20. The van der Waals surface area contributed by atoms with Crippen LogP contribution in [0.1, 0.15) is 0 Å². The number of nitrogens with one attached hydrogen (secondary N) is 2. The fourth-order valence-corrected chi connectivity index (χ4v) is 3.46. The number of hydrogen-bond acceptors (Lipinski definition) is 5. The molecule has 2 aromatic carbocycles. The van der Waals surface area contributed by atoms with E-state index >= 15 is 0 Å². The van der Waals surface area contributed by atoms with Gasteiger partial charge in [-0.15, -0.1) is 0 Å². The second kappa shape index (κ2) is 5.44. The van der Waals surface area contributed by atoms with Gasteiger partial charge in [-0.2, -0.15) is 5.10 Å². The average Bonchev–Trinajstić information content (AvgIpc) is 3.16. The summed E-state index contributed by atoms with van der Waals surface area (Å²) in [5.74, 6) is 0. The maximum atomic E-state index is 4.40. The molecule has 0 atom stereocenters. The number of anilines is 1. The quantitative estimate of drug-likeness (QED) is 0.441. The maximum Gasteiger partial charge on any atom is 0.409 e. The third-order valence-electron chi connectivity index (χ3n) is 3.78. The van der Waals surface area contributed by atoms with Crippen molar-refractivity contribution in [2.45, 2.75) is 0 Å². The highest BCUT2D eigenvalue weighted by Gasteiger charge is 2.17. The Morgan fingerprint density at radius 1 is 1.17 bits per heavy atom. The van der Waals surface area contributed by atoms with Crippen molar-refractivity contribution < 1.29 is 4.57 Å². The molecule has 4 aromatic rings. The van der Waals surface area contributed by atoms with E-state index in [0.717, 1.165) is 32.9 Å². The molecule has 6 nitrogen and oxygen atoms in total. The van der Waals surface area contributed by atoms with E-state index in [1.54, 1.807) is 11.3 Å². The molecule has 0 spiro atoms. The molecule has 2 aromatic heterocycles. The minimum absolute atomic E-state index is 0.831. The van der Waals surface area contributed by atoms with Gasteiger partial charge in [-0.25, -0.2) is 4.57 Å². The standard InChI is InChI=1S/C16H14N6S/c1-17-11-3-5-12(6-4-11)19-21-16-22(2)14-8-13-10(9-18-20-13)7-15(14)23-16/h3-9H,1-2H3,(H,18,20)/p+1. The van der Waals surface area contributed by atoms with Crippen LogP contribution in [-0.2, 0) is 7.05 Å². The van der Waals surface area contributed by atoms with Crippen molar-refractivity contribution in [2.75, 3.05) is 12.4 Å². The second-order valence-electron chi connectivity index (χ2n) is 5.22. The molecule has 0 saturated heterocycles. The predicted octanol–water partition coefficient (Wildman–Crippen LogP) is 4.06. The zero-order valence-electron chi connectivity index (χ0n) is 12.7. The van der Waals surface area contributed by atoms with Crippen LogP contribution in [-0.4, -0.2) is 17.2 Å². The first-order chi connectivity index (χ1) is 11.2. The van der Waals surface area contributed by atoms with Crippen LogP contribution in [0, 0.1) is 0 Å². The van der Waals surface area contributed by atoms with Gasteiger partial charge in [0.05, 0.1) is 28.6 Å². The van der Waals surface area contributed by atoms with Crippen molar-refractivity contribution >= 4 is 49.0 Å². The number of aromatic nitrogens is 3. The summed E-state index contributed by atoms with van der Waals surface area (Å²) in [6, 6.07) is 12.1. The Morgan fingerprint density at radius 2 is 2.00 bits per heavy atom. The molecule has 0 unspecified atom stereocenters. The van der Waals surface area contributed by atoms with Crippen LogP contribution < -0.4 is 9.88 Å². The summed E-state index contributed by atoms with van der Waals surface area (Å²) in [7, 11) is 3.89. The topological polar surface area (TPSA) is 69.3 Å². The molecule has 0 amide bonds. The molecule has 0 saturated carbocycles. The number of aryl methyl sites for hydroxylation is 1. The van der Waals surface area contributed by atoms with Crippen molar-refractivity contribution in [3.05, 3.63) is 42.6 Å². The van der Waals surface area contributed by atoms with E-state index in [4.69, 9.17) is 0 Å². The Labute approximate surface area is 136 Å². The van der Waals surface area contributed by atoms with Crippen LogP contribution in [0.3, 0.4) is 0 Å². The summed E-state index contributed by atoms with van der Waals surface area (Å²) in [5.41, 5.74) is 4.03. The van der Waals surface area contributed by atoms with E-state index in [1.165, 1.54) is 4.70 Å². The lowest BCUT2D eigenvalue weighted by Crippen LogP contribution is -2.25. The minimum atomic E-state index is 0.831. The number of rotatable bonds is 3. The van der Waals surface area contributed by atoms with Crippen LogP contribution in [0.25, 0.3) is 21.1 Å². The lowest BCUT2D eigenvalue weighted by molar-refractivity contribution is -0.627. The maximum absolute atomic E-state index is 4.40. The Morgan fingerprint density at radius 3 is 2.78 bits per heavy atom. The van der Waals surface area contributed by atoms with Gasteiger partial charge < -0.3 is 5.32 Å². The summed E-state index contributed by atoms with van der Waals surface area (Å²) in [6.45, 7) is 0. The summed E-state index contributed by atoms with van der Waals surface area (Å²) < 4.78 is 3.21. The summed E-state index contributed by atoms with van der Waals surface area (Å²) >= 11 is 1.62. The minimum Gasteiger partial charge on any atom is -0.388 e. The molecule has 114 valence electrons. The molecule has 2 heterocycles. The Balaban J connectivity index is 1.72. The van der Waals surface area contributed by atoms with Crippen LogP contribution in [0.4, 0.5) is 16.5 Å². The Hall–Kier alpha value is -2.80. The molecule has 0 bridgehead atoms. The van der Waals surface area contributed by atoms with E-state index < -0.39 is 0 Å². The molecule has 0 radical (unpaired) electrons. The first kappa shape index (κ1) is 13.8. The molecule has 0 fully saturated rings. The second-order valence-corrected chi connectivity index (χ2v) is 6.23. The zero-order chi connectivity index (χ0) is 15.8. The van der Waals surface area contributed by atoms with Crippen molar-refractivity contribution in [1.29, 1.82) is 0 Å². The molecule has 23 heavy (non-hydrogen) atoms. The highest BCUT2D eigenvalue weighted by atomic mass is 32.1. The third kappa shape index (κ3) is 2.44. The number of fused-ring (bicyclic) bond motifs is 2. The molecule has 4 rings (SSSR count). The summed E-state index contributed by atoms with van der Waals surface area (Å²) in [4.78, 5) is 0. The number of hydrogen-bond donors (Lipinski definition) is 2. The molecular formula is C16H15N6S+. The van der Waals surface area contributed by atoms with Gasteiger partial charge in [0.2, 0.25) is 0 Å². The van der Waals surface area contributed by atoms with Crippen LogP contribution in [0.5, 0.6) is 0 Å². The SMILES string of the molecule is CNc1ccc(N=Nc2sc3cc4cn[nH]c4cc3[n+]2C)cc1. The van der Waals surface area contributed by atoms with Gasteiger partial charge in [0, 0.05) is 24.2 Å². The monoisotopic (exact) mass is 323 g/mol. The number of thiazole rings is 1. The number of benzene rings is 2. The molecular weight excluding hydrogens is 308 g/mol. The fourth-order valence-electron chi connectivity index (χ4n) is 2.46. The van der Waals surface area contributed by atoms with Gasteiger partial charge in [0.1, 0.15) is 11.2 Å². The van der Waals surface area contributed by atoms with Crippen molar-refractivity contribution in [2.24, 2.45) is 17.3 Å². The van der Waals surface area contributed by atoms with Crippen LogP contribution >= 0.6 is 11.3 Å². The molecule has 2 N–H and O–H groups in total. The summed E-state index contributed by atoms with van der Waals surface area (Å²) in [5, 5.41) is 20.9. The van der Waals surface area contributed by atoms with Gasteiger partial charge >= 0.3 is 5.13 Å². The number of azo groups is 1. The molecule has 7 heteroatoms. The van der Waals surface area contributed by atoms with Gasteiger partial charge in [-0.3, -0.25) is 5.10 Å². The van der Waals surface area contributed by atoms with Gasteiger partial charge in [0.15, 0.2) is 0 Å². The molecule has 0 aliphatic heterocycles. The van der Waals surface area contributed by atoms with Crippen molar-refractivity contribution in [3.8, 4) is 0 Å². The average molecular weight is 323 g/mol. The smallest absolute Gasteiger partial charge is 0.388 e. The zero-order valence-corrected chi connectivity index (χ0v) is 13.6. The van der Waals surface area contributed by atoms with Crippen molar-refractivity contribution in [1.82, 2.24) is 10.2 Å². The normalized spacial score (nSPS) is 11.7. The van der Waals surface area contributed by atoms with Gasteiger partial charge in [-0.05, 0) is 46.8 Å². The highest BCUT2D eigenvalue weighted by Crippen LogP contribution is 2.30. The number of aromatic amines is 1. The first-order valence-corrected chi connectivity index (χ1v) is 8.01. The largest absolute Gasteiger partial charge is 0.409 e.